The molecule has 18 heavy (non-hydrogen) atoms. The number of carboxylic acids is 1. The van der Waals surface area contributed by atoms with Crippen molar-refractivity contribution in [1.29, 1.82) is 0 Å². The Morgan fingerprint density at radius 2 is 2.22 bits per heavy atom. The van der Waals surface area contributed by atoms with Gasteiger partial charge in [0.05, 0.1) is 0 Å². The van der Waals surface area contributed by atoms with E-state index in [2.05, 4.69) is 15.9 Å². The monoisotopic (exact) mass is 310 g/mol. The number of carbonyl (C=O) groups is 1. The maximum atomic E-state index is 10.8. The van der Waals surface area contributed by atoms with Crippen LogP contribution in [-0.2, 0) is 6.61 Å². The van der Waals surface area contributed by atoms with Crippen LogP contribution in [0.25, 0.3) is 0 Å². The minimum Gasteiger partial charge on any atom is -0.486 e. The molecular weight excluding hydrogens is 300 g/mol. The minimum absolute atomic E-state index is 0.0390. The largest absolute Gasteiger partial charge is 0.486 e. The van der Waals surface area contributed by atoms with Crippen molar-refractivity contribution < 1.29 is 19.1 Å². The number of furan rings is 1. The lowest BCUT2D eigenvalue weighted by atomic mass is 10.3. The van der Waals surface area contributed by atoms with Gasteiger partial charge in [0, 0.05) is 10.0 Å². The van der Waals surface area contributed by atoms with Crippen molar-refractivity contribution in [2.45, 2.75) is 13.5 Å². The zero-order valence-electron chi connectivity index (χ0n) is 9.64. The summed E-state index contributed by atoms with van der Waals surface area (Å²) in [7, 11) is 0. The van der Waals surface area contributed by atoms with E-state index < -0.39 is 5.97 Å². The molecule has 0 amide bonds. The minimum atomic E-state index is -1.07. The number of aryl methyl sites for hydroxylation is 1. The molecule has 1 heterocycles. The number of rotatable bonds is 4. The van der Waals surface area contributed by atoms with Crippen LogP contribution in [0.5, 0.6) is 5.75 Å². The van der Waals surface area contributed by atoms with Gasteiger partial charge >= 0.3 is 5.97 Å². The third-order valence-electron chi connectivity index (χ3n) is 2.34. The highest BCUT2D eigenvalue weighted by atomic mass is 79.9. The highest BCUT2D eigenvalue weighted by molar-refractivity contribution is 9.10. The molecule has 0 radical (unpaired) electrons. The lowest BCUT2D eigenvalue weighted by Gasteiger charge is -2.03. The summed E-state index contributed by atoms with van der Waals surface area (Å²) in [6.45, 7) is 1.89. The Kier molecular flexibility index (Phi) is 3.72. The van der Waals surface area contributed by atoms with Crippen LogP contribution in [0.15, 0.2) is 39.2 Å². The first-order valence-electron chi connectivity index (χ1n) is 5.27. The molecule has 0 aliphatic heterocycles. The molecule has 0 unspecified atom stereocenters. The number of ether oxygens (including phenoxy) is 1. The van der Waals surface area contributed by atoms with Crippen LogP contribution in [0.2, 0.25) is 0 Å². The molecule has 0 fully saturated rings. The Morgan fingerprint density at radius 3 is 2.83 bits per heavy atom. The first kappa shape index (κ1) is 12.7. The van der Waals surface area contributed by atoms with E-state index in [9.17, 15) is 4.79 Å². The number of hydrogen-bond donors (Lipinski definition) is 1. The van der Waals surface area contributed by atoms with Crippen molar-refractivity contribution in [3.8, 4) is 5.75 Å². The third-order valence-corrected chi connectivity index (χ3v) is 2.83. The fourth-order valence-corrected chi connectivity index (χ4v) is 1.92. The van der Waals surface area contributed by atoms with Crippen LogP contribution in [0, 0.1) is 6.92 Å². The quantitative estimate of drug-likeness (QED) is 0.936. The number of aromatic carboxylic acids is 1. The normalized spacial score (nSPS) is 10.3. The van der Waals surface area contributed by atoms with Gasteiger partial charge in [-0.3, -0.25) is 0 Å². The van der Waals surface area contributed by atoms with Crippen molar-refractivity contribution in [1.82, 2.24) is 0 Å². The van der Waals surface area contributed by atoms with Crippen LogP contribution < -0.4 is 4.74 Å². The summed E-state index contributed by atoms with van der Waals surface area (Å²) in [5.41, 5.74) is 0.593. The van der Waals surface area contributed by atoms with Crippen molar-refractivity contribution in [2.75, 3.05) is 0 Å². The van der Waals surface area contributed by atoms with Crippen LogP contribution in [0.1, 0.15) is 21.9 Å². The summed E-state index contributed by atoms with van der Waals surface area (Å²) in [4.78, 5) is 10.8. The van der Waals surface area contributed by atoms with E-state index in [1.807, 2.05) is 24.3 Å². The van der Waals surface area contributed by atoms with Crippen LogP contribution >= 0.6 is 15.9 Å². The Hall–Kier alpha value is -1.75. The molecular formula is C13H11BrO4. The number of carboxylic acid groups (broad SMARTS) is 1. The molecule has 0 atom stereocenters. The lowest BCUT2D eigenvalue weighted by Crippen LogP contribution is -1.96. The highest BCUT2D eigenvalue weighted by Gasteiger charge is 2.14. The van der Waals surface area contributed by atoms with E-state index >= 15 is 0 Å². The van der Waals surface area contributed by atoms with Gasteiger partial charge in [-0.1, -0.05) is 22.0 Å². The maximum Gasteiger partial charge on any atom is 0.372 e. The molecule has 1 N–H and O–H groups in total. The van der Waals surface area contributed by atoms with Gasteiger partial charge in [-0.25, -0.2) is 4.79 Å². The average Bonchev–Trinajstić information content (AvgIpc) is 2.68. The van der Waals surface area contributed by atoms with E-state index in [0.717, 1.165) is 4.47 Å². The SMILES string of the molecule is Cc1cc(COc2cccc(Br)c2)oc1C(=O)O. The van der Waals surface area contributed by atoms with Crippen LogP contribution in [-0.4, -0.2) is 11.1 Å². The van der Waals surface area contributed by atoms with Gasteiger partial charge in [-0.2, -0.15) is 0 Å². The Bertz CT molecular complexity index is 574. The molecule has 4 nitrogen and oxygen atoms in total. The fraction of sp³-hybridized carbons (Fsp3) is 0.154. The van der Waals surface area contributed by atoms with Gasteiger partial charge in [0.2, 0.25) is 5.76 Å². The smallest absolute Gasteiger partial charge is 0.372 e. The molecule has 0 saturated heterocycles. The molecule has 2 aromatic rings. The van der Waals surface area contributed by atoms with Gasteiger partial charge in [0.15, 0.2) is 0 Å². The predicted molar refractivity (Wildman–Crippen MR) is 68.9 cm³/mol. The van der Waals surface area contributed by atoms with Gasteiger partial charge in [0.25, 0.3) is 0 Å². The Balaban J connectivity index is 2.06. The first-order valence-corrected chi connectivity index (χ1v) is 6.06. The topological polar surface area (TPSA) is 59.7 Å². The lowest BCUT2D eigenvalue weighted by molar-refractivity contribution is 0.0657. The van der Waals surface area contributed by atoms with Crippen molar-refractivity contribution in [2.24, 2.45) is 0 Å². The number of benzene rings is 1. The third kappa shape index (κ3) is 2.92. The fourth-order valence-electron chi connectivity index (χ4n) is 1.54. The zero-order valence-corrected chi connectivity index (χ0v) is 11.2. The van der Waals surface area contributed by atoms with Gasteiger partial charge < -0.3 is 14.3 Å². The van der Waals surface area contributed by atoms with Crippen molar-refractivity contribution >= 4 is 21.9 Å². The zero-order chi connectivity index (χ0) is 13.1. The van der Waals surface area contributed by atoms with E-state index in [4.69, 9.17) is 14.3 Å². The molecule has 1 aromatic heterocycles. The molecule has 0 aliphatic rings. The Labute approximate surface area is 112 Å². The van der Waals surface area contributed by atoms with Gasteiger partial charge in [-0.15, -0.1) is 0 Å². The van der Waals surface area contributed by atoms with Crippen molar-refractivity contribution in [3.05, 3.63) is 51.9 Å². The summed E-state index contributed by atoms with van der Waals surface area (Å²) >= 11 is 3.34. The van der Waals surface area contributed by atoms with E-state index in [1.165, 1.54) is 0 Å². The number of halogens is 1. The molecule has 2 rings (SSSR count). The van der Waals surface area contributed by atoms with Crippen LogP contribution in [0.4, 0.5) is 0 Å². The first-order chi connectivity index (χ1) is 8.56. The predicted octanol–water partition coefficient (Wildman–Crippen LogP) is 3.63. The van der Waals surface area contributed by atoms with Crippen molar-refractivity contribution in [3.63, 3.8) is 0 Å². The summed E-state index contributed by atoms with van der Waals surface area (Å²) in [5.74, 6) is 0.0734. The molecule has 0 aliphatic carbocycles. The van der Waals surface area contributed by atoms with Gasteiger partial charge in [0.1, 0.15) is 18.1 Å². The van der Waals surface area contributed by atoms with E-state index in [-0.39, 0.29) is 12.4 Å². The molecule has 0 saturated carbocycles. The highest BCUT2D eigenvalue weighted by Crippen LogP contribution is 2.20. The second-order valence-electron chi connectivity index (χ2n) is 3.78. The van der Waals surface area contributed by atoms with E-state index in [1.54, 1.807) is 13.0 Å². The summed E-state index contributed by atoms with van der Waals surface area (Å²) in [6.07, 6.45) is 0. The van der Waals surface area contributed by atoms with Crippen LogP contribution in [0.3, 0.4) is 0 Å². The molecule has 1 aromatic carbocycles. The van der Waals surface area contributed by atoms with Gasteiger partial charge in [-0.05, 0) is 31.2 Å². The molecule has 0 spiro atoms. The maximum absolute atomic E-state index is 10.8. The second kappa shape index (κ2) is 5.27. The molecule has 5 heteroatoms. The standard InChI is InChI=1S/C13H11BrO4/c1-8-5-11(18-12(8)13(15)16)7-17-10-4-2-3-9(14)6-10/h2-6H,7H2,1H3,(H,15,16). The second-order valence-corrected chi connectivity index (χ2v) is 4.69. The summed E-state index contributed by atoms with van der Waals surface area (Å²) < 4.78 is 11.6. The average molecular weight is 311 g/mol. The number of hydrogen-bond acceptors (Lipinski definition) is 3. The summed E-state index contributed by atoms with van der Waals surface area (Å²) in [6, 6.07) is 9.07. The Morgan fingerprint density at radius 1 is 1.44 bits per heavy atom. The molecule has 0 bridgehead atoms. The van der Waals surface area contributed by atoms with E-state index in [0.29, 0.717) is 17.1 Å². The summed E-state index contributed by atoms with van der Waals surface area (Å²) in [5, 5.41) is 8.86. The molecule has 94 valence electrons.